The molecule has 1 aromatic carbocycles. The SMILES string of the molecule is Cn1c[n+](C)c2ccccc21.[OH-]. The summed E-state index contributed by atoms with van der Waals surface area (Å²) in [7, 11) is 4.12. The van der Waals surface area contributed by atoms with Crippen molar-refractivity contribution in [2.24, 2.45) is 14.1 Å². The molecule has 0 aliphatic rings. The van der Waals surface area contributed by atoms with Gasteiger partial charge in [0.25, 0.3) is 0 Å². The van der Waals surface area contributed by atoms with Crippen LogP contribution in [0.2, 0.25) is 0 Å². The van der Waals surface area contributed by atoms with E-state index in [1.165, 1.54) is 11.0 Å². The van der Waals surface area contributed by atoms with Crippen LogP contribution in [0.4, 0.5) is 0 Å². The molecule has 12 heavy (non-hydrogen) atoms. The van der Waals surface area contributed by atoms with Gasteiger partial charge in [0.2, 0.25) is 6.33 Å². The number of aryl methyl sites for hydroxylation is 2. The molecule has 0 bridgehead atoms. The second-order valence-corrected chi connectivity index (χ2v) is 2.83. The molecule has 3 heteroatoms. The van der Waals surface area contributed by atoms with E-state index < -0.39 is 0 Å². The monoisotopic (exact) mass is 164 g/mol. The molecule has 0 spiro atoms. The van der Waals surface area contributed by atoms with E-state index in [1.54, 1.807) is 0 Å². The number of aromatic nitrogens is 2. The van der Waals surface area contributed by atoms with Crippen LogP contribution < -0.4 is 4.57 Å². The molecule has 0 saturated carbocycles. The zero-order chi connectivity index (χ0) is 7.84. The molecule has 0 aliphatic carbocycles. The fourth-order valence-corrected chi connectivity index (χ4v) is 1.44. The van der Waals surface area contributed by atoms with Crippen molar-refractivity contribution in [3.05, 3.63) is 30.6 Å². The smallest absolute Gasteiger partial charge is 0.244 e. The minimum Gasteiger partial charge on any atom is -0.870 e. The van der Waals surface area contributed by atoms with Crippen LogP contribution in [0.25, 0.3) is 11.0 Å². The normalized spacial score (nSPS) is 9.83. The predicted molar refractivity (Wildman–Crippen MR) is 46.0 cm³/mol. The highest BCUT2D eigenvalue weighted by Crippen LogP contribution is 2.07. The molecule has 2 aromatic rings. The molecule has 2 rings (SSSR count). The van der Waals surface area contributed by atoms with Gasteiger partial charge >= 0.3 is 0 Å². The van der Waals surface area contributed by atoms with Gasteiger partial charge in [0.1, 0.15) is 0 Å². The van der Waals surface area contributed by atoms with Crippen LogP contribution in [0.1, 0.15) is 0 Å². The second-order valence-electron chi connectivity index (χ2n) is 2.83. The highest BCUT2D eigenvalue weighted by atomic mass is 16.0. The van der Waals surface area contributed by atoms with Crippen molar-refractivity contribution in [1.82, 2.24) is 4.57 Å². The molecule has 64 valence electrons. The lowest BCUT2D eigenvalue weighted by Crippen LogP contribution is -2.25. The average molecular weight is 164 g/mol. The Morgan fingerprint density at radius 2 is 1.92 bits per heavy atom. The van der Waals surface area contributed by atoms with Gasteiger partial charge in [0.15, 0.2) is 11.0 Å². The highest BCUT2D eigenvalue weighted by Gasteiger charge is 2.06. The fraction of sp³-hybridized carbons (Fsp3) is 0.222. The van der Waals surface area contributed by atoms with Gasteiger partial charge in [-0.15, -0.1) is 0 Å². The van der Waals surface area contributed by atoms with Gasteiger partial charge in [-0.1, -0.05) is 12.1 Å². The minimum atomic E-state index is 0. The lowest BCUT2D eigenvalue weighted by atomic mass is 10.3. The number of imidazole rings is 1. The van der Waals surface area contributed by atoms with E-state index in [-0.39, 0.29) is 5.48 Å². The van der Waals surface area contributed by atoms with Crippen LogP contribution in [-0.2, 0) is 14.1 Å². The van der Waals surface area contributed by atoms with E-state index in [1.807, 2.05) is 0 Å². The first-order chi connectivity index (χ1) is 5.29. The summed E-state index contributed by atoms with van der Waals surface area (Å²) < 4.78 is 4.24. The number of benzene rings is 1. The molecule has 0 amide bonds. The number of rotatable bonds is 0. The summed E-state index contributed by atoms with van der Waals surface area (Å²) in [6.45, 7) is 0. The summed E-state index contributed by atoms with van der Waals surface area (Å²) in [6.07, 6.45) is 2.07. The van der Waals surface area contributed by atoms with Crippen LogP contribution in [0.15, 0.2) is 30.6 Å². The van der Waals surface area contributed by atoms with Crippen LogP contribution in [0.5, 0.6) is 0 Å². The summed E-state index contributed by atoms with van der Waals surface area (Å²) in [4.78, 5) is 0. The topological polar surface area (TPSA) is 38.8 Å². The van der Waals surface area contributed by atoms with Crippen molar-refractivity contribution in [3.8, 4) is 0 Å². The molecule has 1 heterocycles. The summed E-state index contributed by atoms with van der Waals surface area (Å²) >= 11 is 0. The molecular weight excluding hydrogens is 152 g/mol. The third-order valence-corrected chi connectivity index (χ3v) is 1.99. The van der Waals surface area contributed by atoms with Crippen molar-refractivity contribution in [3.63, 3.8) is 0 Å². The van der Waals surface area contributed by atoms with Gasteiger partial charge in [0.05, 0.1) is 14.1 Å². The lowest BCUT2D eigenvalue weighted by molar-refractivity contribution is -0.645. The Balaban J connectivity index is 0.000000720. The van der Waals surface area contributed by atoms with E-state index in [4.69, 9.17) is 0 Å². The summed E-state index contributed by atoms with van der Waals surface area (Å²) in [6, 6.07) is 8.36. The van der Waals surface area contributed by atoms with E-state index in [0.29, 0.717) is 0 Å². The summed E-state index contributed by atoms with van der Waals surface area (Å²) in [5.74, 6) is 0. The first-order valence-corrected chi connectivity index (χ1v) is 3.69. The number of para-hydroxylation sites is 2. The highest BCUT2D eigenvalue weighted by molar-refractivity contribution is 5.71. The van der Waals surface area contributed by atoms with Crippen LogP contribution in [0, 0.1) is 0 Å². The van der Waals surface area contributed by atoms with Gasteiger partial charge in [-0.25, -0.2) is 9.13 Å². The zero-order valence-electron chi connectivity index (χ0n) is 7.23. The second kappa shape index (κ2) is 2.95. The van der Waals surface area contributed by atoms with Gasteiger partial charge in [-0.2, -0.15) is 0 Å². The number of hydrogen-bond acceptors (Lipinski definition) is 1. The Morgan fingerprint density at radius 3 is 2.58 bits per heavy atom. The van der Waals surface area contributed by atoms with Crippen LogP contribution >= 0.6 is 0 Å². The maximum Gasteiger partial charge on any atom is 0.244 e. The zero-order valence-corrected chi connectivity index (χ0v) is 7.23. The Morgan fingerprint density at radius 1 is 1.25 bits per heavy atom. The van der Waals surface area contributed by atoms with Crippen molar-refractivity contribution < 1.29 is 10.0 Å². The maximum absolute atomic E-state index is 2.12. The molecule has 0 radical (unpaired) electrons. The first kappa shape index (κ1) is 8.74. The minimum absolute atomic E-state index is 0. The summed E-state index contributed by atoms with van der Waals surface area (Å²) in [5, 5.41) is 0. The van der Waals surface area contributed by atoms with Crippen LogP contribution in [-0.4, -0.2) is 10.0 Å². The molecular formula is C9H12N2O. The number of nitrogens with zero attached hydrogens (tertiary/aromatic N) is 2. The Hall–Kier alpha value is -1.35. The van der Waals surface area contributed by atoms with E-state index >= 15 is 0 Å². The molecule has 0 unspecified atom stereocenters. The van der Waals surface area contributed by atoms with Crippen molar-refractivity contribution in [2.75, 3.05) is 0 Å². The van der Waals surface area contributed by atoms with Crippen molar-refractivity contribution in [2.45, 2.75) is 0 Å². The van der Waals surface area contributed by atoms with Crippen molar-refractivity contribution in [1.29, 1.82) is 0 Å². The van der Waals surface area contributed by atoms with Gasteiger partial charge in [-0.3, -0.25) is 0 Å². The third kappa shape index (κ3) is 1.08. The number of fused-ring (bicyclic) bond motifs is 1. The third-order valence-electron chi connectivity index (χ3n) is 1.99. The summed E-state index contributed by atoms with van der Waals surface area (Å²) in [5.41, 5.74) is 2.55. The fourth-order valence-electron chi connectivity index (χ4n) is 1.44. The molecule has 0 aliphatic heterocycles. The Bertz CT molecular complexity index is 356. The van der Waals surface area contributed by atoms with Gasteiger partial charge in [0, 0.05) is 0 Å². The van der Waals surface area contributed by atoms with E-state index in [9.17, 15) is 0 Å². The standard InChI is InChI=1S/C9H11N2.H2O/c1-10-7-11(2)9-6-4-3-5-8(9)10;/h3-7H,1-2H3;1H2/q+1;/p-1. The Kier molecular flexibility index (Phi) is 2.15. The average Bonchev–Trinajstić information content (AvgIpc) is 2.30. The molecule has 1 N–H and O–H groups in total. The lowest BCUT2D eigenvalue weighted by Gasteiger charge is -1.84. The molecule has 0 saturated heterocycles. The largest absolute Gasteiger partial charge is 0.870 e. The van der Waals surface area contributed by atoms with E-state index in [2.05, 4.69) is 53.8 Å². The molecule has 0 atom stereocenters. The molecule has 1 aromatic heterocycles. The first-order valence-electron chi connectivity index (χ1n) is 3.69. The van der Waals surface area contributed by atoms with Gasteiger partial charge in [-0.05, 0) is 12.1 Å². The predicted octanol–water partition coefficient (Wildman–Crippen LogP) is 0.826. The number of hydrogen-bond donors (Lipinski definition) is 0. The van der Waals surface area contributed by atoms with Gasteiger partial charge < -0.3 is 5.48 Å². The maximum atomic E-state index is 2.12. The molecule has 0 fully saturated rings. The van der Waals surface area contributed by atoms with Crippen molar-refractivity contribution >= 4 is 11.0 Å². The van der Waals surface area contributed by atoms with Crippen LogP contribution in [0.3, 0.4) is 0 Å². The quantitative estimate of drug-likeness (QED) is 0.531. The molecule has 3 nitrogen and oxygen atoms in total. The Labute approximate surface area is 71.2 Å². The van der Waals surface area contributed by atoms with E-state index in [0.717, 1.165) is 0 Å².